The molecule has 0 aromatic carbocycles. The number of hydrogen-bond donors (Lipinski definition) is 2. The van der Waals surface area contributed by atoms with Crippen molar-refractivity contribution in [2.45, 2.75) is 51.4 Å². The Bertz CT molecular complexity index is 416. The zero-order chi connectivity index (χ0) is 17.9. The minimum Gasteiger partial charge on any atom is -0.359 e. The molecule has 2 aliphatic heterocycles. The Kier molecular flexibility index (Phi) is 12.3. The molecule has 2 rings (SSSR count). The van der Waals surface area contributed by atoms with E-state index in [1.165, 1.54) is 51.7 Å². The summed E-state index contributed by atoms with van der Waals surface area (Å²) in [6.45, 7) is 6.71. The second-order valence-electron chi connectivity index (χ2n) is 7.39. The predicted molar refractivity (Wildman–Crippen MR) is 119 cm³/mol. The standard InChI is InChI=1S/C19H37N5O.HI/c1-20-18(25)16-17-8-14-24(15-9-17)19(21-2)22-10-7-13-23-11-5-3-4-6-12-23;/h17H,3-16H2,1-2H3,(H,20,25)(H,21,22);1H. The SMILES string of the molecule is CN=C(NCCCN1CCCCCC1)N1CCC(CC(=O)NC)CC1.I. The predicted octanol–water partition coefficient (Wildman–Crippen LogP) is 2.29. The Balaban J connectivity index is 0.00000338. The number of amides is 1. The van der Waals surface area contributed by atoms with Crippen LogP contribution in [-0.2, 0) is 4.79 Å². The van der Waals surface area contributed by atoms with Crippen molar-refractivity contribution in [1.82, 2.24) is 20.4 Å². The van der Waals surface area contributed by atoms with Gasteiger partial charge < -0.3 is 20.4 Å². The first-order valence-corrected chi connectivity index (χ1v) is 10.1. The topological polar surface area (TPSA) is 60.0 Å². The number of piperidine rings is 1. The maximum Gasteiger partial charge on any atom is 0.220 e. The molecular weight excluding hydrogens is 441 g/mol. The fourth-order valence-electron chi connectivity index (χ4n) is 3.91. The van der Waals surface area contributed by atoms with E-state index in [1.54, 1.807) is 7.05 Å². The van der Waals surface area contributed by atoms with E-state index >= 15 is 0 Å². The number of nitrogens with zero attached hydrogens (tertiary/aromatic N) is 3. The lowest BCUT2D eigenvalue weighted by molar-refractivity contribution is -0.121. The largest absolute Gasteiger partial charge is 0.359 e. The summed E-state index contributed by atoms with van der Waals surface area (Å²) < 4.78 is 0. The molecule has 0 aromatic heterocycles. The Morgan fingerprint density at radius 1 is 1.08 bits per heavy atom. The molecule has 2 fully saturated rings. The summed E-state index contributed by atoms with van der Waals surface area (Å²) in [5.41, 5.74) is 0. The number of halogens is 1. The van der Waals surface area contributed by atoms with Gasteiger partial charge in [0.15, 0.2) is 5.96 Å². The Morgan fingerprint density at radius 3 is 2.31 bits per heavy atom. The second-order valence-corrected chi connectivity index (χ2v) is 7.39. The highest BCUT2D eigenvalue weighted by Crippen LogP contribution is 2.20. The van der Waals surface area contributed by atoms with Crippen LogP contribution >= 0.6 is 24.0 Å². The number of nitrogens with one attached hydrogen (secondary N) is 2. The summed E-state index contributed by atoms with van der Waals surface area (Å²) in [5, 5.41) is 6.26. The zero-order valence-electron chi connectivity index (χ0n) is 16.6. The van der Waals surface area contributed by atoms with Gasteiger partial charge in [0.05, 0.1) is 0 Å². The van der Waals surface area contributed by atoms with Crippen molar-refractivity contribution in [2.75, 3.05) is 53.4 Å². The number of carbonyl (C=O) groups is 1. The van der Waals surface area contributed by atoms with Gasteiger partial charge in [-0.05, 0) is 57.7 Å². The van der Waals surface area contributed by atoms with Crippen molar-refractivity contribution in [2.24, 2.45) is 10.9 Å². The van der Waals surface area contributed by atoms with Crippen molar-refractivity contribution in [1.29, 1.82) is 0 Å². The average Bonchev–Trinajstić information content (AvgIpc) is 2.91. The molecule has 2 aliphatic rings. The number of hydrogen-bond acceptors (Lipinski definition) is 3. The summed E-state index contributed by atoms with van der Waals surface area (Å²) in [7, 11) is 3.59. The maximum absolute atomic E-state index is 11.5. The van der Waals surface area contributed by atoms with E-state index < -0.39 is 0 Å². The van der Waals surface area contributed by atoms with Crippen molar-refractivity contribution in [3.8, 4) is 0 Å². The van der Waals surface area contributed by atoms with Crippen LogP contribution in [0.15, 0.2) is 4.99 Å². The molecule has 2 saturated heterocycles. The molecule has 7 heteroatoms. The van der Waals surface area contributed by atoms with Gasteiger partial charge in [0.2, 0.25) is 5.91 Å². The molecule has 1 amide bonds. The fraction of sp³-hybridized carbons (Fsp3) is 0.895. The Morgan fingerprint density at radius 2 is 1.73 bits per heavy atom. The van der Waals surface area contributed by atoms with Crippen molar-refractivity contribution in [3.05, 3.63) is 0 Å². The highest BCUT2D eigenvalue weighted by atomic mass is 127. The fourth-order valence-corrected chi connectivity index (χ4v) is 3.91. The van der Waals surface area contributed by atoms with E-state index in [0.29, 0.717) is 12.3 Å². The van der Waals surface area contributed by atoms with Gasteiger partial charge in [-0.15, -0.1) is 24.0 Å². The normalized spacial score (nSPS) is 20.2. The average molecular weight is 479 g/mol. The highest BCUT2D eigenvalue weighted by molar-refractivity contribution is 14.0. The monoisotopic (exact) mass is 479 g/mol. The Labute approximate surface area is 176 Å². The van der Waals surface area contributed by atoms with Gasteiger partial charge in [-0.3, -0.25) is 9.79 Å². The lowest BCUT2D eigenvalue weighted by atomic mass is 9.93. The zero-order valence-corrected chi connectivity index (χ0v) is 19.0. The molecule has 0 saturated carbocycles. The summed E-state index contributed by atoms with van der Waals surface area (Å²) in [6.07, 6.45) is 9.50. The van der Waals surface area contributed by atoms with E-state index in [2.05, 4.69) is 25.4 Å². The van der Waals surface area contributed by atoms with Crippen LogP contribution < -0.4 is 10.6 Å². The van der Waals surface area contributed by atoms with Gasteiger partial charge in [0.1, 0.15) is 0 Å². The number of rotatable bonds is 6. The summed E-state index contributed by atoms with van der Waals surface area (Å²) in [6, 6.07) is 0. The van der Waals surface area contributed by atoms with E-state index in [-0.39, 0.29) is 29.9 Å². The minimum atomic E-state index is 0. The first-order valence-electron chi connectivity index (χ1n) is 10.1. The molecule has 0 spiro atoms. The first kappa shape index (κ1) is 23.5. The van der Waals surface area contributed by atoms with Crippen LogP contribution in [0.1, 0.15) is 51.4 Å². The molecule has 2 N–H and O–H groups in total. The van der Waals surface area contributed by atoms with Crippen molar-refractivity contribution in [3.63, 3.8) is 0 Å². The lowest BCUT2D eigenvalue weighted by Gasteiger charge is -2.34. The van der Waals surface area contributed by atoms with Crippen LogP contribution in [-0.4, -0.2) is 75.0 Å². The van der Waals surface area contributed by atoms with Crippen LogP contribution in [0.4, 0.5) is 0 Å². The summed E-state index contributed by atoms with van der Waals surface area (Å²) >= 11 is 0. The van der Waals surface area contributed by atoms with Crippen LogP contribution in [0.5, 0.6) is 0 Å². The molecular formula is C19H38IN5O. The maximum atomic E-state index is 11.5. The molecule has 0 aliphatic carbocycles. The molecule has 0 unspecified atom stereocenters. The molecule has 2 heterocycles. The smallest absolute Gasteiger partial charge is 0.220 e. The van der Waals surface area contributed by atoms with E-state index in [4.69, 9.17) is 0 Å². The van der Waals surface area contributed by atoms with Gasteiger partial charge in [0, 0.05) is 40.2 Å². The highest BCUT2D eigenvalue weighted by Gasteiger charge is 2.22. The van der Waals surface area contributed by atoms with Gasteiger partial charge in [-0.1, -0.05) is 12.8 Å². The first-order chi connectivity index (χ1) is 12.2. The molecule has 26 heavy (non-hydrogen) atoms. The van der Waals surface area contributed by atoms with Crippen LogP contribution in [0.3, 0.4) is 0 Å². The van der Waals surface area contributed by atoms with Gasteiger partial charge >= 0.3 is 0 Å². The lowest BCUT2D eigenvalue weighted by Crippen LogP contribution is -2.46. The minimum absolute atomic E-state index is 0. The number of aliphatic imine (C=N–C) groups is 1. The van der Waals surface area contributed by atoms with Gasteiger partial charge in [0.25, 0.3) is 0 Å². The molecule has 152 valence electrons. The molecule has 0 radical (unpaired) electrons. The molecule has 6 nitrogen and oxygen atoms in total. The molecule has 0 aromatic rings. The number of carbonyl (C=O) groups excluding carboxylic acids is 1. The van der Waals surface area contributed by atoms with Crippen LogP contribution in [0.2, 0.25) is 0 Å². The van der Waals surface area contributed by atoms with Crippen molar-refractivity contribution >= 4 is 35.8 Å². The van der Waals surface area contributed by atoms with E-state index in [9.17, 15) is 4.79 Å². The van der Waals surface area contributed by atoms with Gasteiger partial charge in [-0.2, -0.15) is 0 Å². The Hall–Kier alpha value is -0.570. The van der Waals surface area contributed by atoms with E-state index in [1.807, 2.05) is 7.05 Å². The number of likely N-dealkylation sites (tertiary alicyclic amines) is 2. The quantitative estimate of drug-likeness (QED) is 0.266. The van der Waals surface area contributed by atoms with Crippen molar-refractivity contribution < 1.29 is 4.79 Å². The summed E-state index contributed by atoms with van der Waals surface area (Å²) in [4.78, 5) is 20.9. The number of guanidine groups is 1. The van der Waals surface area contributed by atoms with Crippen LogP contribution in [0, 0.1) is 5.92 Å². The summed E-state index contributed by atoms with van der Waals surface area (Å²) in [5.74, 6) is 1.70. The van der Waals surface area contributed by atoms with E-state index in [0.717, 1.165) is 38.4 Å². The second kappa shape index (κ2) is 13.6. The van der Waals surface area contributed by atoms with Gasteiger partial charge in [-0.25, -0.2) is 0 Å². The molecule has 0 atom stereocenters. The third-order valence-electron chi connectivity index (χ3n) is 5.51. The third-order valence-corrected chi connectivity index (χ3v) is 5.51. The van der Waals surface area contributed by atoms with Crippen LogP contribution in [0.25, 0.3) is 0 Å². The molecule has 0 bridgehead atoms. The third kappa shape index (κ3) is 8.41.